The number of nitrogens with zero attached hydrogens (tertiary/aromatic N) is 2. The fourth-order valence-corrected chi connectivity index (χ4v) is 12.3. The highest BCUT2D eigenvalue weighted by Crippen LogP contribution is 2.47. The lowest BCUT2D eigenvalue weighted by molar-refractivity contribution is -0.0226. The van der Waals surface area contributed by atoms with Crippen molar-refractivity contribution >= 4 is 23.2 Å². The molecule has 3 saturated carbocycles. The summed E-state index contributed by atoms with van der Waals surface area (Å²) in [6.07, 6.45) is 17.2. The normalized spacial score (nSPS) is 38.4. The second-order valence-electron chi connectivity index (χ2n) is 19.4. The summed E-state index contributed by atoms with van der Waals surface area (Å²) in [4.78, 5) is 5.53. The number of likely N-dealkylation sites (tertiary alicyclic amines) is 2. The Morgan fingerprint density at radius 3 is 1.71 bits per heavy atom. The van der Waals surface area contributed by atoms with E-state index in [1.807, 2.05) is 7.11 Å². The monoisotopic (exact) mass is 725 g/mol. The molecule has 0 aromatic carbocycles. The van der Waals surface area contributed by atoms with E-state index in [9.17, 15) is 0 Å². The Morgan fingerprint density at radius 2 is 1.20 bits per heavy atom. The number of rotatable bonds is 14. The lowest BCUT2D eigenvalue weighted by Gasteiger charge is -2.49. The van der Waals surface area contributed by atoms with Gasteiger partial charge < -0.3 is 25.2 Å². The van der Waals surface area contributed by atoms with E-state index in [1.165, 1.54) is 123 Å². The largest absolute Gasteiger partial charge is 0.381 e. The van der Waals surface area contributed by atoms with Crippen LogP contribution in [0.4, 0.5) is 0 Å². The first kappa shape index (κ1) is 40.6. The summed E-state index contributed by atoms with van der Waals surface area (Å²) in [6.45, 7) is 25.5. The molecule has 2 N–H and O–H groups in total. The molecule has 5 unspecified atom stereocenters. The number of nitrogens with one attached hydrogen (secondary N) is 2. The Kier molecular flexibility index (Phi) is 15.4. The summed E-state index contributed by atoms with van der Waals surface area (Å²) in [5.41, 5.74) is 0.780. The average molecular weight is 726 g/mol. The number of ether oxygens (including phenoxy) is 1. The molecule has 6 atom stereocenters. The van der Waals surface area contributed by atoms with E-state index < -0.39 is 0 Å². The lowest BCUT2D eigenvalue weighted by atomic mass is 9.64. The number of hydrogen-bond acceptors (Lipinski definition) is 5. The molecule has 5 aliphatic rings. The van der Waals surface area contributed by atoms with Crippen LogP contribution in [0.2, 0.25) is 0 Å². The Labute approximate surface area is 313 Å². The first-order valence-corrected chi connectivity index (χ1v) is 21.9. The predicted molar refractivity (Wildman–Crippen MR) is 211 cm³/mol. The van der Waals surface area contributed by atoms with Gasteiger partial charge in [-0.2, -0.15) is 0 Å². The number of alkyl halides is 2. The molecule has 0 spiro atoms. The minimum Gasteiger partial charge on any atom is -0.381 e. The molecule has 0 bridgehead atoms. The molecule has 2 aliphatic heterocycles. The highest BCUT2D eigenvalue weighted by atomic mass is 35.5. The second-order valence-corrected chi connectivity index (χ2v) is 20.7. The summed E-state index contributed by atoms with van der Waals surface area (Å²) in [5, 5.41) is 8.85. The van der Waals surface area contributed by atoms with E-state index in [0.717, 1.165) is 43.3 Å². The van der Waals surface area contributed by atoms with Crippen molar-refractivity contribution in [3.05, 3.63) is 0 Å². The first-order valence-electron chi connectivity index (χ1n) is 21.1. The minimum absolute atomic E-state index is 0.345. The van der Waals surface area contributed by atoms with E-state index >= 15 is 0 Å². The quantitative estimate of drug-likeness (QED) is 0.138. The van der Waals surface area contributed by atoms with Crippen LogP contribution in [0.5, 0.6) is 0 Å². The average Bonchev–Trinajstić information content (AvgIpc) is 3.05. The maximum atomic E-state index is 6.47. The second kappa shape index (κ2) is 18.6. The van der Waals surface area contributed by atoms with Gasteiger partial charge in [0.2, 0.25) is 0 Å². The third kappa shape index (κ3) is 11.2. The Balaban J connectivity index is 1.03. The van der Waals surface area contributed by atoms with Gasteiger partial charge in [0, 0.05) is 69.7 Å². The van der Waals surface area contributed by atoms with Crippen LogP contribution >= 0.6 is 23.2 Å². The van der Waals surface area contributed by atoms with Gasteiger partial charge in [-0.3, -0.25) is 0 Å². The summed E-state index contributed by atoms with van der Waals surface area (Å²) in [5.74, 6) is 5.29. The van der Waals surface area contributed by atoms with Gasteiger partial charge in [0.15, 0.2) is 0 Å². The molecule has 0 aromatic rings. The Hall–Kier alpha value is 0.380. The molecule has 5 nitrogen and oxygen atoms in total. The van der Waals surface area contributed by atoms with Crippen molar-refractivity contribution in [2.75, 3.05) is 66.0 Å². The number of piperidine rings is 2. The van der Waals surface area contributed by atoms with Crippen LogP contribution in [0.25, 0.3) is 0 Å². The van der Waals surface area contributed by atoms with E-state index in [2.05, 4.69) is 62.0 Å². The van der Waals surface area contributed by atoms with Gasteiger partial charge in [0.1, 0.15) is 0 Å². The number of hydrogen-bond donors (Lipinski definition) is 2. The van der Waals surface area contributed by atoms with E-state index in [-0.39, 0.29) is 0 Å². The number of methoxy groups -OCH3 is 1. The number of halogens is 2. The van der Waals surface area contributed by atoms with Crippen LogP contribution in [0.1, 0.15) is 125 Å². The maximum Gasteiger partial charge on any atom is 0.0651 e. The molecule has 2 heterocycles. The summed E-state index contributed by atoms with van der Waals surface area (Å²) >= 11 is 12.9. The standard InChI is InChI=1S/C42H78Cl2N4O/c1-30(2)39(27-48-23-20-38(42(5,6)29-48)32-13-17-36(44)18-14-32)46-26-34-10-8-9-33(40(34)49-7)25-45-21-24-47-22-19-37(41(3,4)28-47)31-11-15-35(43)16-12-31/h30-40,45-46H,8-29H2,1-7H3/t31?,32?,33?,34?,35?,36?,37?,38?,39-,40?/m0/s1. The van der Waals surface area contributed by atoms with Gasteiger partial charge in [-0.25, -0.2) is 0 Å². The first-order chi connectivity index (χ1) is 23.4. The molecule has 49 heavy (non-hydrogen) atoms. The van der Waals surface area contributed by atoms with Crippen LogP contribution in [0.3, 0.4) is 0 Å². The molecule has 5 fully saturated rings. The van der Waals surface area contributed by atoms with Crippen molar-refractivity contribution in [1.29, 1.82) is 0 Å². The smallest absolute Gasteiger partial charge is 0.0651 e. The molecule has 3 aliphatic carbocycles. The van der Waals surface area contributed by atoms with Crippen molar-refractivity contribution in [1.82, 2.24) is 20.4 Å². The van der Waals surface area contributed by atoms with Crippen LogP contribution in [-0.2, 0) is 4.74 Å². The van der Waals surface area contributed by atoms with Gasteiger partial charge in [-0.15, -0.1) is 23.2 Å². The van der Waals surface area contributed by atoms with Gasteiger partial charge in [0.25, 0.3) is 0 Å². The summed E-state index contributed by atoms with van der Waals surface area (Å²) in [6, 6.07) is 0.527. The zero-order valence-electron chi connectivity index (χ0n) is 33.0. The van der Waals surface area contributed by atoms with E-state index in [1.54, 1.807) is 0 Å². The molecule has 0 amide bonds. The lowest BCUT2D eigenvalue weighted by Crippen LogP contribution is -2.54. The van der Waals surface area contributed by atoms with Crippen molar-refractivity contribution in [2.45, 2.75) is 148 Å². The fourth-order valence-electron chi connectivity index (χ4n) is 11.8. The summed E-state index contributed by atoms with van der Waals surface area (Å²) in [7, 11) is 1.97. The van der Waals surface area contributed by atoms with E-state index in [0.29, 0.717) is 51.5 Å². The molecule has 0 aromatic heterocycles. The van der Waals surface area contributed by atoms with Crippen LogP contribution in [-0.4, -0.2) is 98.7 Å². The molecular weight excluding hydrogens is 647 g/mol. The topological polar surface area (TPSA) is 39.8 Å². The van der Waals surface area contributed by atoms with Crippen molar-refractivity contribution in [3.8, 4) is 0 Å². The van der Waals surface area contributed by atoms with Crippen LogP contribution < -0.4 is 10.6 Å². The highest BCUT2D eigenvalue weighted by molar-refractivity contribution is 6.20. The third-order valence-electron chi connectivity index (χ3n) is 14.6. The van der Waals surface area contributed by atoms with Gasteiger partial charge in [-0.1, -0.05) is 48.0 Å². The van der Waals surface area contributed by atoms with Gasteiger partial charge in [-0.05, 0) is 142 Å². The molecule has 286 valence electrons. The predicted octanol–water partition coefficient (Wildman–Crippen LogP) is 8.91. The minimum atomic E-state index is 0.345. The maximum absolute atomic E-state index is 6.47. The van der Waals surface area contributed by atoms with Crippen LogP contribution in [0, 0.1) is 52.3 Å². The third-order valence-corrected chi connectivity index (χ3v) is 15.5. The molecule has 5 rings (SSSR count). The highest BCUT2D eigenvalue weighted by Gasteiger charge is 2.43. The van der Waals surface area contributed by atoms with Gasteiger partial charge in [0.05, 0.1) is 6.10 Å². The van der Waals surface area contributed by atoms with Crippen LogP contribution in [0.15, 0.2) is 0 Å². The Morgan fingerprint density at radius 1 is 0.694 bits per heavy atom. The molecular formula is C42H78Cl2N4O. The zero-order chi connectivity index (χ0) is 35.2. The zero-order valence-corrected chi connectivity index (χ0v) is 34.5. The van der Waals surface area contributed by atoms with Gasteiger partial charge >= 0.3 is 0 Å². The molecule has 0 radical (unpaired) electrons. The van der Waals surface area contributed by atoms with Crippen molar-refractivity contribution in [2.24, 2.45) is 52.3 Å². The van der Waals surface area contributed by atoms with Crippen molar-refractivity contribution < 1.29 is 4.74 Å². The molecule has 2 saturated heterocycles. The fraction of sp³-hybridized carbons (Fsp3) is 1.00. The Bertz CT molecular complexity index is 962. The molecule has 7 heteroatoms. The van der Waals surface area contributed by atoms with Crippen molar-refractivity contribution in [3.63, 3.8) is 0 Å². The SMILES string of the molecule is COC1C(CNCCN2CCC(C3CCC(Cl)CC3)C(C)(C)C2)CCCC1CN[C@@H](CN1CCC(C2CCC(Cl)CC2)C(C)(C)C1)C(C)C. The van der Waals surface area contributed by atoms with E-state index in [4.69, 9.17) is 27.9 Å². The summed E-state index contributed by atoms with van der Waals surface area (Å²) < 4.78 is 6.30.